The normalized spacial score (nSPS) is 12.8. The summed E-state index contributed by atoms with van der Waals surface area (Å²) in [5.41, 5.74) is 3.13. The summed E-state index contributed by atoms with van der Waals surface area (Å²) in [5, 5.41) is 6.15. The highest BCUT2D eigenvalue weighted by Crippen LogP contribution is 2.27. The maximum absolute atomic E-state index is 12.8. The molecule has 1 fully saturated rings. The quantitative estimate of drug-likeness (QED) is 0.560. The minimum atomic E-state index is -0.318. The number of aromatic nitrogens is 1. The number of benzene rings is 2. The SMILES string of the molecule is Cc1ccc(C(=O)NC2CC2)cc1NC(=O)c1ccc(OCc2ccccn2)c(Cl)c1. The highest BCUT2D eigenvalue weighted by atomic mass is 35.5. The minimum Gasteiger partial charge on any atom is -0.486 e. The summed E-state index contributed by atoms with van der Waals surface area (Å²) >= 11 is 6.32. The van der Waals surface area contributed by atoms with Crippen molar-refractivity contribution in [1.82, 2.24) is 10.3 Å². The van der Waals surface area contributed by atoms with E-state index in [1.165, 1.54) is 0 Å². The molecule has 1 heterocycles. The van der Waals surface area contributed by atoms with Crippen LogP contribution < -0.4 is 15.4 Å². The molecule has 7 heteroatoms. The second-order valence-corrected chi connectivity index (χ2v) is 7.89. The lowest BCUT2D eigenvalue weighted by atomic mass is 10.1. The van der Waals surface area contributed by atoms with Crippen molar-refractivity contribution < 1.29 is 14.3 Å². The third-order valence-electron chi connectivity index (χ3n) is 4.96. The Bertz CT molecular complexity index is 1110. The van der Waals surface area contributed by atoms with E-state index in [1.54, 1.807) is 36.5 Å². The van der Waals surface area contributed by atoms with Crippen LogP contribution in [0.15, 0.2) is 60.8 Å². The van der Waals surface area contributed by atoms with Crippen molar-refractivity contribution in [1.29, 1.82) is 0 Å². The first kappa shape index (κ1) is 20.9. The molecule has 1 aliphatic carbocycles. The number of amides is 2. The first-order valence-corrected chi connectivity index (χ1v) is 10.4. The number of rotatable bonds is 7. The minimum absolute atomic E-state index is 0.129. The standard InChI is InChI=1S/C24H22ClN3O3/c1-15-5-6-17(23(29)27-18-8-9-18)13-21(15)28-24(30)16-7-10-22(20(25)12-16)31-14-19-4-2-3-11-26-19/h2-7,10-13,18H,8-9,14H2,1H3,(H,27,29)(H,28,30). The number of carbonyl (C=O) groups is 2. The fourth-order valence-electron chi connectivity index (χ4n) is 2.98. The fourth-order valence-corrected chi connectivity index (χ4v) is 3.22. The van der Waals surface area contributed by atoms with Gasteiger partial charge in [0.1, 0.15) is 12.4 Å². The average Bonchev–Trinajstić information content (AvgIpc) is 3.59. The summed E-state index contributed by atoms with van der Waals surface area (Å²) in [4.78, 5) is 29.3. The highest BCUT2D eigenvalue weighted by Gasteiger charge is 2.24. The molecule has 0 radical (unpaired) electrons. The zero-order valence-electron chi connectivity index (χ0n) is 17.0. The van der Waals surface area contributed by atoms with E-state index in [0.717, 1.165) is 24.1 Å². The van der Waals surface area contributed by atoms with E-state index in [9.17, 15) is 9.59 Å². The number of carbonyl (C=O) groups excluding carboxylic acids is 2. The maximum Gasteiger partial charge on any atom is 0.255 e. The zero-order valence-corrected chi connectivity index (χ0v) is 17.8. The van der Waals surface area contributed by atoms with E-state index in [2.05, 4.69) is 15.6 Å². The van der Waals surface area contributed by atoms with Crippen LogP contribution in [-0.4, -0.2) is 22.8 Å². The molecule has 0 spiro atoms. The van der Waals surface area contributed by atoms with Gasteiger partial charge in [0.2, 0.25) is 0 Å². The van der Waals surface area contributed by atoms with Crippen molar-refractivity contribution in [3.8, 4) is 5.75 Å². The molecule has 6 nitrogen and oxygen atoms in total. The first-order chi connectivity index (χ1) is 15.0. The van der Waals surface area contributed by atoms with Crippen LogP contribution in [0.5, 0.6) is 5.75 Å². The second kappa shape index (κ2) is 9.18. The van der Waals surface area contributed by atoms with Gasteiger partial charge in [0, 0.05) is 29.1 Å². The molecule has 0 aliphatic heterocycles. The lowest BCUT2D eigenvalue weighted by Crippen LogP contribution is -2.25. The Morgan fingerprint density at radius 2 is 1.84 bits per heavy atom. The predicted octanol–water partition coefficient (Wildman–Crippen LogP) is 4.77. The van der Waals surface area contributed by atoms with Gasteiger partial charge in [-0.1, -0.05) is 23.7 Å². The van der Waals surface area contributed by atoms with Gasteiger partial charge in [0.15, 0.2) is 0 Å². The van der Waals surface area contributed by atoms with Crippen molar-refractivity contribution in [2.75, 3.05) is 5.32 Å². The van der Waals surface area contributed by atoms with Crippen LogP contribution in [0.3, 0.4) is 0 Å². The van der Waals surface area contributed by atoms with Gasteiger partial charge in [-0.2, -0.15) is 0 Å². The van der Waals surface area contributed by atoms with Gasteiger partial charge in [0.05, 0.1) is 10.7 Å². The molecule has 4 rings (SSSR count). The van der Waals surface area contributed by atoms with Gasteiger partial charge in [-0.3, -0.25) is 14.6 Å². The Hall–Kier alpha value is -3.38. The van der Waals surface area contributed by atoms with Gasteiger partial charge in [0.25, 0.3) is 11.8 Å². The van der Waals surface area contributed by atoms with Crippen molar-refractivity contribution in [2.45, 2.75) is 32.4 Å². The van der Waals surface area contributed by atoms with Gasteiger partial charge >= 0.3 is 0 Å². The van der Waals surface area contributed by atoms with E-state index >= 15 is 0 Å². The van der Waals surface area contributed by atoms with Gasteiger partial charge in [-0.05, 0) is 67.8 Å². The van der Waals surface area contributed by atoms with E-state index in [-0.39, 0.29) is 24.5 Å². The van der Waals surface area contributed by atoms with Gasteiger partial charge in [-0.15, -0.1) is 0 Å². The average molecular weight is 436 g/mol. The van der Waals surface area contributed by atoms with Crippen molar-refractivity contribution in [3.63, 3.8) is 0 Å². The Kier molecular flexibility index (Phi) is 6.18. The molecular weight excluding hydrogens is 414 g/mol. The lowest BCUT2D eigenvalue weighted by molar-refractivity contribution is 0.0949. The molecule has 3 aromatic rings. The van der Waals surface area contributed by atoms with Crippen molar-refractivity contribution in [3.05, 3.63) is 88.2 Å². The molecule has 1 aromatic heterocycles. The largest absolute Gasteiger partial charge is 0.486 e. The highest BCUT2D eigenvalue weighted by molar-refractivity contribution is 6.32. The number of halogens is 1. The molecule has 1 saturated carbocycles. The predicted molar refractivity (Wildman–Crippen MR) is 120 cm³/mol. The van der Waals surface area contributed by atoms with Gasteiger partial charge in [-0.25, -0.2) is 0 Å². The molecular formula is C24H22ClN3O3. The van der Waals surface area contributed by atoms with Crippen LogP contribution in [0, 0.1) is 6.92 Å². The van der Waals surface area contributed by atoms with Crippen LogP contribution in [0.1, 0.15) is 44.8 Å². The van der Waals surface area contributed by atoms with E-state index < -0.39 is 0 Å². The third-order valence-corrected chi connectivity index (χ3v) is 5.25. The smallest absolute Gasteiger partial charge is 0.255 e. The maximum atomic E-state index is 12.8. The Morgan fingerprint density at radius 1 is 1.06 bits per heavy atom. The Balaban J connectivity index is 1.43. The number of pyridine rings is 1. The van der Waals surface area contributed by atoms with Crippen LogP contribution in [0.2, 0.25) is 5.02 Å². The second-order valence-electron chi connectivity index (χ2n) is 7.49. The van der Waals surface area contributed by atoms with Crippen LogP contribution in [0.25, 0.3) is 0 Å². The first-order valence-electron chi connectivity index (χ1n) is 10.0. The monoisotopic (exact) mass is 435 g/mol. The van der Waals surface area contributed by atoms with Crippen molar-refractivity contribution >= 4 is 29.1 Å². The molecule has 0 bridgehead atoms. The summed E-state index contributed by atoms with van der Waals surface area (Å²) in [6.07, 6.45) is 3.73. The van der Waals surface area contributed by atoms with Gasteiger partial charge < -0.3 is 15.4 Å². The molecule has 2 aromatic carbocycles. The molecule has 158 valence electrons. The number of anilines is 1. The van der Waals surface area contributed by atoms with E-state index in [4.69, 9.17) is 16.3 Å². The number of aryl methyl sites for hydroxylation is 1. The summed E-state index contributed by atoms with van der Waals surface area (Å²) in [6, 6.07) is 16.0. The summed E-state index contributed by atoms with van der Waals surface area (Å²) in [7, 11) is 0. The van der Waals surface area contributed by atoms with Crippen molar-refractivity contribution in [2.24, 2.45) is 0 Å². The van der Waals surface area contributed by atoms with Crippen LogP contribution >= 0.6 is 11.6 Å². The summed E-state index contributed by atoms with van der Waals surface area (Å²) in [6.45, 7) is 2.15. The number of nitrogens with zero attached hydrogens (tertiary/aromatic N) is 1. The van der Waals surface area contributed by atoms with E-state index in [1.807, 2.05) is 31.2 Å². The number of hydrogen-bond acceptors (Lipinski definition) is 4. The molecule has 2 N–H and O–H groups in total. The number of hydrogen-bond donors (Lipinski definition) is 2. The Labute approximate surface area is 185 Å². The molecule has 0 atom stereocenters. The number of ether oxygens (including phenoxy) is 1. The Morgan fingerprint density at radius 3 is 2.55 bits per heavy atom. The molecule has 0 unspecified atom stereocenters. The number of nitrogens with one attached hydrogen (secondary N) is 2. The topological polar surface area (TPSA) is 80.3 Å². The zero-order chi connectivity index (χ0) is 21.8. The third kappa shape index (κ3) is 5.41. The van der Waals surface area contributed by atoms with E-state index in [0.29, 0.717) is 27.6 Å². The molecule has 2 amide bonds. The van der Waals surface area contributed by atoms with Crippen LogP contribution in [-0.2, 0) is 6.61 Å². The lowest BCUT2D eigenvalue weighted by Gasteiger charge is -2.12. The summed E-state index contributed by atoms with van der Waals surface area (Å²) in [5.74, 6) is 0.0234. The molecule has 0 saturated heterocycles. The molecule has 1 aliphatic rings. The summed E-state index contributed by atoms with van der Waals surface area (Å²) < 4.78 is 5.70. The fraction of sp³-hybridized carbons (Fsp3) is 0.208. The van der Waals surface area contributed by atoms with Crippen LogP contribution in [0.4, 0.5) is 5.69 Å². The molecule has 31 heavy (non-hydrogen) atoms.